The van der Waals surface area contributed by atoms with Gasteiger partial charge in [0.25, 0.3) is 0 Å². The maximum atomic E-state index is 14.0. The third-order valence-corrected chi connectivity index (χ3v) is 7.76. The second kappa shape index (κ2) is 10.2. The van der Waals surface area contributed by atoms with Crippen LogP contribution in [0.3, 0.4) is 0 Å². The third kappa shape index (κ3) is 5.01. The van der Waals surface area contributed by atoms with Crippen LogP contribution in [0.5, 0.6) is 0 Å². The maximum absolute atomic E-state index is 14.0. The summed E-state index contributed by atoms with van der Waals surface area (Å²) >= 11 is 0. The highest BCUT2D eigenvalue weighted by Gasteiger charge is 2.39. The van der Waals surface area contributed by atoms with E-state index < -0.39 is 5.54 Å². The van der Waals surface area contributed by atoms with Crippen LogP contribution in [0, 0.1) is 6.92 Å². The number of pyridine rings is 1. The molecule has 5 nitrogen and oxygen atoms in total. The van der Waals surface area contributed by atoms with Gasteiger partial charge in [-0.1, -0.05) is 55.7 Å². The number of aromatic amines is 1. The zero-order valence-electron chi connectivity index (χ0n) is 21.3. The molecule has 5 heteroatoms. The first-order valence-corrected chi connectivity index (χ1v) is 13.1. The highest BCUT2D eigenvalue weighted by molar-refractivity contribution is 5.91. The number of hydrogen-bond acceptors (Lipinski definition) is 3. The summed E-state index contributed by atoms with van der Waals surface area (Å²) < 4.78 is 0. The molecule has 1 atom stereocenters. The Kier molecular flexibility index (Phi) is 6.82. The van der Waals surface area contributed by atoms with Crippen molar-refractivity contribution in [3.8, 4) is 0 Å². The van der Waals surface area contributed by atoms with Crippen molar-refractivity contribution in [2.24, 2.45) is 0 Å². The minimum Gasteiger partial charge on any atom is -0.371 e. The Bertz CT molecular complexity index is 1320. The Balaban J connectivity index is 1.43. The standard InChI is InChI=1S/C31H36N4O/c1-23-11-10-12-25(19-23)35-30(2,20-24-21-33-27-14-5-4-13-26(24)27)29(36)34-22-31(16-7-3-8-17-31)28-15-6-9-18-32-28/h4-6,9-15,18-19,21,33,35H,3,7-8,16-17,20,22H2,1-2H3,(H,34,36)/t30-/m0/s1. The van der Waals surface area contributed by atoms with E-state index in [-0.39, 0.29) is 11.3 Å². The lowest BCUT2D eigenvalue weighted by Gasteiger charge is -2.38. The van der Waals surface area contributed by atoms with Crippen molar-refractivity contribution in [1.82, 2.24) is 15.3 Å². The van der Waals surface area contributed by atoms with Gasteiger partial charge in [0, 0.05) is 53.1 Å². The molecule has 2 aromatic heterocycles. The van der Waals surface area contributed by atoms with Crippen molar-refractivity contribution < 1.29 is 4.79 Å². The van der Waals surface area contributed by atoms with E-state index in [1.54, 1.807) is 0 Å². The lowest BCUT2D eigenvalue weighted by Crippen LogP contribution is -2.55. The Hall–Kier alpha value is -3.60. The molecular formula is C31H36N4O. The van der Waals surface area contributed by atoms with Gasteiger partial charge in [0.2, 0.25) is 5.91 Å². The second-order valence-corrected chi connectivity index (χ2v) is 10.6. The van der Waals surface area contributed by atoms with Crippen molar-refractivity contribution in [3.05, 3.63) is 95.9 Å². The summed E-state index contributed by atoms with van der Waals surface area (Å²) in [4.78, 5) is 22.1. The van der Waals surface area contributed by atoms with E-state index in [0.29, 0.717) is 13.0 Å². The van der Waals surface area contributed by atoms with Crippen molar-refractivity contribution in [2.75, 3.05) is 11.9 Å². The number of amides is 1. The van der Waals surface area contributed by atoms with Gasteiger partial charge in [0.1, 0.15) is 5.54 Å². The number of nitrogens with zero attached hydrogens (tertiary/aromatic N) is 1. The molecule has 0 unspecified atom stereocenters. The Morgan fingerprint density at radius 3 is 2.61 bits per heavy atom. The highest BCUT2D eigenvalue weighted by atomic mass is 16.2. The number of anilines is 1. The normalized spacial score (nSPS) is 16.8. The Labute approximate surface area is 213 Å². The average molecular weight is 481 g/mol. The van der Waals surface area contributed by atoms with Gasteiger partial charge in [-0.3, -0.25) is 9.78 Å². The van der Waals surface area contributed by atoms with Gasteiger partial charge < -0.3 is 15.6 Å². The number of carbonyl (C=O) groups is 1. The summed E-state index contributed by atoms with van der Waals surface area (Å²) in [6.07, 6.45) is 10.1. The molecule has 2 aromatic carbocycles. The van der Waals surface area contributed by atoms with E-state index in [1.807, 2.05) is 49.6 Å². The molecule has 0 radical (unpaired) electrons. The van der Waals surface area contributed by atoms with Crippen LogP contribution in [-0.4, -0.2) is 28.0 Å². The van der Waals surface area contributed by atoms with Gasteiger partial charge in [-0.15, -0.1) is 0 Å². The minimum absolute atomic E-state index is 0.00941. The molecule has 3 N–H and O–H groups in total. The van der Waals surface area contributed by atoms with E-state index in [9.17, 15) is 4.79 Å². The fourth-order valence-electron chi connectivity index (χ4n) is 5.75. The molecule has 36 heavy (non-hydrogen) atoms. The molecule has 4 aromatic rings. The predicted molar refractivity (Wildman–Crippen MR) is 147 cm³/mol. The van der Waals surface area contributed by atoms with Gasteiger partial charge in [0.05, 0.1) is 0 Å². The van der Waals surface area contributed by atoms with Crippen molar-refractivity contribution >= 4 is 22.5 Å². The van der Waals surface area contributed by atoms with Crippen LogP contribution >= 0.6 is 0 Å². The summed E-state index contributed by atoms with van der Waals surface area (Å²) in [6.45, 7) is 4.69. The van der Waals surface area contributed by atoms with Crippen molar-refractivity contribution in [2.45, 2.75) is 63.3 Å². The topological polar surface area (TPSA) is 69.8 Å². The van der Waals surface area contributed by atoms with Crippen LogP contribution in [0.4, 0.5) is 5.69 Å². The number of carbonyl (C=O) groups excluding carboxylic acids is 1. The molecule has 0 bridgehead atoms. The second-order valence-electron chi connectivity index (χ2n) is 10.6. The molecule has 5 rings (SSSR count). The van der Waals surface area contributed by atoms with E-state index in [4.69, 9.17) is 4.98 Å². The van der Waals surface area contributed by atoms with E-state index >= 15 is 0 Å². The molecule has 0 saturated heterocycles. The molecule has 1 amide bonds. The highest BCUT2D eigenvalue weighted by Crippen LogP contribution is 2.38. The van der Waals surface area contributed by atoms with Gasteiger partial charge in [0.15, 0.2) is 0 Å². The molecule has 0 spiro atoms. The molecule has 1 saturated carbocycles. The summed E-state index contributed by atoms with van der Waals surface area (Å²) in [6, 6.07) is 22.6. The van der Waals surface area contributed by atoms with Gasteiger partial charge in [-0.2, -0.15) is 0 Å². The predicted octanol–water partition coefficient (Wildman–Crippen LogP) is 6.30. The number of nitrogens with one attached hydrogen (secondary N) is 3. The summed E-state index contributed by atoms with van der Waals surface area (Å²) in [5.74, 6) is 0.00941. The lowest BCUT2D eigenvalue weighted by atomic mass is 9.71. The number of fused-ring (bicyclic) bond motifs is 1. The van der Waals surface area contributed by atoms with Crippen molar-refractivity contribution in [3.63, 3.8) is 0 Å². The zero-order chi connectivity index (χ0) is 25.0. The quantitative estimate of drug-likeness (QED) is 0.277. The van der Waals surface area contributed by atoms with Gasteiger partial charge in [-0.25, -0.2) is 0 Å². The molecule has 1 aliphatic rings. The monoisotopic (exact) mass is 480 g/mol. The Morgan fingerprint density at radius 2 is 1.83 bits per heavy atom. The van der Waals surface area contributed by atoms with Crippen LogP contribution in [0.15, 0.2) is 79.1 Å². The zero-order valence-corrected chi connectivity index (χ0v) is 21.3. The smallest absolute Gasteiger partial charge is 0.245 e. The van der Waals surface area contributed by atoms with Crippen LogP contribution in [0.1, 0.15) is 55.8 Å². The summed E-state index contributed by atoms with van der Waals surface area (Å²) in [7, 11) is 0. The number of hydrogen-bond donors (Lipinski definition) is 3. The molecule has 2 heterocycles. The molecule has 0 aliphatic heterocycles. The van der Waals surface area contributed by atoms with E-state index in [0.717, 1.165) is 46.3 Å². The number of benzene rings is 2. The fourth-order valence-corrected chi connectivity index (χ4v) is 5.75. The number of aromatic nitrogens is 2. The largest absolute Gasteiger partial charge is 0.371 e. The molecule has 1 fully saturated rings. The van der Waals surface area contributed by atoms with Crippen LogP contribution < -0.4 is 10.6 Å². The third-order valence-electron chi connectivity index (χ3n) is 7.76. The first-order valence-electron chi connectivity index (χ1n) is 13.1. The van der Waals surface area contributed by atoms with Crippen LogP contribution in [0.25, 0.3) is 10.9 Å². The van der Waals surface area contributed by atoms with Crippen LogP contribution in [-0.2, 0) is 16.6 Å². The SMILES string of the molecule is Cc1cccc(N[C@@](C)(Cc2c[nH]c3ccccc23)C(=O)NCC2(c3ccccn3)CCCCC2)c1. The number of para-hydroxylation sites is 1. The van der Waals surface area contributed by atoms with Crippen molar-refractivity contribution in [1.29, 1.82) is 0 Å². The first-order chi connectivity index (χ1) is 17.5. The maximum Gasteiger partial charge on any atom is 0.245 e. The fraction of sp³-hybridized carbons (Fsp3) is 0.355. The average Bonchev–Trinajstić information content (AvgIpc) is 3.30. The summed E-state index contributed by atoms with van der Waals surface area (Å²) in [5, 5.41) is 8.13. The molecular weight excluding hydrogens is 444 g/mol. The van der Waals surface area contributed by atoms with Gasteiger partial charge in [-0.05, 0) is 68.1 Å². The van der Waals surface area contributed by atoms with E-state index in [2.05, 4.69) is 58.9 Å². The van der Waals surface area contributed by atoms with E-state index in [1.165, 1.54) is 19.3 Å². The summed E-state index contributed by atoms with van der Waals surface area (Å²) in [5.41, 5.74) is 4.47. The lowest BCUT2D eigenvalue weighted by molar-refractivity contribution is -0.125. The molecule has 1 aliphatic carbocycles. The Morgan fingerprint density at radius 1 is 1.03 bits per heavy atom. The number of H-pyrrole nitrogens is 1. The van der Waals surface area contributed by atoms with Crippen LogP contribution in [0.2, 0.25) is 0 Å². The van der Waals surface area contributed by atoms with Gasteiger partial charge >= 0.3 is 0 Å². The first kappa shape index (κ1) is 24.1. The molecule has 186 valence electrons. The number of rotatable bonds is 8. The number of aryl methyl sites for hydroxylation is 1. The minimum atomic E-state index is -0.835.